The molecule has 0 aromatic heterocycles. The number of ether oxygens (including phenoxy) is 1. The number of hydrogen-bond acceptors (Lipinski definition) is 7. The number of carbonyl (C=O) groups excluding carboxylic acids is 1. The molecule has 0 heterocycles. The highest BCUT2D eigenvalue weighted by molar-refractivity contribution is 7.93. The molecule has 0 unspecified atom stereocenters. The highest BCUT2D eigenvalue weighted by Gasteiger charge is 2.27. The van der Waals surface area contributed by atoms with Crippen LogP contribution in [0.2, 0.25) is 0 Å². The summed E-state index contributed by atoms with van der Waals surface area (Å²) in [6, 6.07) is -1.70. The monoisotopic (exact) mass is 317 g/mol. The first kappa shape index (κ1) is 17.8. The minimum Gasteiger partial charge on any atom is -0.480 e. The first-order valence-corrected chi connectivity index (χ1v) is 8.65. The molecule has 0 aliphatic carbocycles. The lowest BCUT2D eigenvalue weighted by Gasteiger charge is -2.13. The van der Waals surface area contributed by atoms with Crippen molar-refractivity contribution in [2.75, 3.05) is 24.9 Å². The van der Waals surface area contributed by atoms with Gasteiger partial charge in [-0.1, -0.05) is 0 Å². The molecule has 0 saturated carbocycles. The zero-order valence-electron chi connectivity index (χ0n) is 10.3. The van der Waals surface area contributed by atoms with Crippen molar-refractivity contribution in [1.82, 2.24) is 4.72 Å². The lowest BCUT2D eigenvalue weighted by atomic mass is 10.2. The second-order valence-corrected chi connectivity index (χ2v) is 7.87. The molecule has 11 heteroatoms. The second-order valence-electron chi connectivity index (χ2n) is 3.74. The van der Waals surface area contributed by atoms with Crippen molar-refractivity contribution >= 4 is 31.8 Å². The summed E-state index contributed by atoms with van der Waals surface area (Å²) in [5.74, 6) is -3.89. The lowest BCUT2D eigenvalue weighted by Crippen LogP contribution is -2.44. The van der Waals surface area contributed by atoms with Crippen LogP contribution in [0.5, 0.6) is 0 Å². The summed E-state index contributed by atoms with van der Waals surface area (Å²) in [5, 5.41) is 8.76. The molecular formula is C8H15NO8S2. The van der Waals surface area contributed by atoms with Gasteiger partial charge < -0.3 is 9.84 Å². The van der Waals surface area contributed by atoms with Gasteiger partial charge in [-0.15, -0.1) is 0 Å². The van der Waals surface area contributed by atoms with Gasteiger partial charge in [-0.3, -0.25) is 9.59 Å². The predicted molar refractivity (Wildman–Crippen MR) is 64.7 cm³/mol. The van der Waals surface area contributed by atoms with Crippen LogP contribution in [0.25, 0.3) is 0 Å². The topological polar surface area (TPSA) is 144 Å². The Labute approximate surface area is 110 Å². The molecular weight excluding hydrogens is 302 g/mol. The van der Waals surface area contributed by atoms with Crippen molar-refractivity contribution in [2.45, 2.75) is 12.5 Å². The van der Waals surface area contributed by atoms with Crippen LogP contribution in [0.15, 0.2) is 0 Å². The second kappa shape index (κ2) is 6.82. The van der Waals surface area contributed by atoms with Crippen molar-refractivity contribution in [3.8, 4) is 0 Å². The summed E-state index contributed by atoms with van der Waals surface area (Å²) in [6.07, 6.45) is 0.162. The third kappa shape index (κ3) is 8.51. The average Bonchev–Trinajstić information content (AvgIpc) is 2.24. The number of nitrogens with one attached hydrogen (secondary N) is 1. The number of sulfonamides is 1. The quantitative estimate of drug-likeness (QED) is 0.487. The van der Waals surface area contributed by atoms with E-state index in [2.05, 4.69) is 4.74 Å². The van der Waals surface area contributed by atoms with Crippen molar-refractivity contribution in [3.63, 3.8) is 0 Å². The van der Waals surface area contributed by atoms with E-state index in [1.54, 1.807) is 4.72 Å². The van der Waals surface area contributed by atoms with E-state index >= 15 is 0 Å². The van der Waals surface area contributed by atoms with E-state index in [-0.39, 0.29) is 0 Å². The molecule has 0 bridgehead atoms. The number of rotatable bonds is 8. The predicted octanol–water partition coefficient (Wildman–Crippen LogP) is -2.03. The van der Waals surface area contributed by atoms with E-state index in [1.165, 1.54) is 0 Å². The van der Waals surface area contributed by atoms with Crippen LogP contribution in [0.3, 0.4) is 0 Å². The summed E-state index contributed by atoms with van der Waals surface area (Å²) < 4.78 is 50.6. The number of sulfone groups is 1. The first-order valence-electron chi connectivity index (χ1n) is 4.94. The van der Waals surface area contributed by atoms with Gasteiger partial charge in [0.15, 0.2) is 0 Å². The number of carboxylic acid groups (broad SMARTS) is 1. The maximum atomic E-state index is 11.5. The molecule has 112 valence electrons. The molecule has 0 aromatic rings. The molecule has 19 heavy (non-hydrogen) atoms. The minimum atomic E-state index is -4.13. The van der Waals surface area contributed by atoms with Gasteiger partial charge in [0.05, 0.1) is 25.0 Å². The van der Waals surface area contributed by atoms with Crippen LogP contribution >= 0.6 is 0 Å². The smallest absolute Gasteiger partial charge is 0.322 e. The Hall–Kier alpha value is -1.20. The molecule has 0 rings (SSSR count). The standard InChI is InChI=1S/C8H15NO8S2/c1-17-7(10)5-6(8(11)12)9-19(15,16)4-3-18(2,13)14/h6,9H,3-5H2,1-2H3,(H,11,12)/t6-/m0/s1. The van der Waals surface area contributed by atoms with Crippen LogP contribution in [0, 0.1) is 0 Å². The Morgan fingerprint density at radius 3 is 2.11 bits per heavy atom. The Bertz CT molecular complexity index is 535. The summed E-state index contributed by atoms with van der Waals surface area (Å²) in [6.45, 7) is 0. The zero-order valence-corrected chi connectivity index (χ0v) is 12.0. The van der Waals surface area contributed by atoms with Gasteiger partial charge >= 0.3 is 11.9 Å². The first-order chi connectivity index (χ1) is 8.47. The number of esters is 1. The molecule has 0 amide bonds. The molecule has 0 saturated heterocycles. The van der Waals surface area contributed by atoms with Gasteiger partial charge in [0.1, 0.15) is 15.9 Å². The Balaban J connectivity index is 4.75. The van der Waals surface area contributed by atoms with Gasteiger partial charge in [0.25, 0.3) is 0 Å². The third-order valence-electron chi connectivity index (χ3n) is 1.94. The minimum absolute atomic E-state index is 0.646. The third-order valence-corrected chi connectivity index (χ3v) is 4.53. The van der Waals surface area contributed by atoms with E-state index in [9.17, 15) is 26.4 Å². The van der Waals surface area contributed by atoms with E-state index < -0.39 is 55.8 Å². The van der Waals surface area contributed by atoms with Crippen molar-refractivity contribution in [3.05, 3.63) is 0 Å². The molecule has 0 fully saturated rings. The van der Waals surface area contributed by atoms with Crippen LogP contribution in [0.4, 0.5) is 0 Å². The van der Waals surface area contributed by atoms with Crippen LogP contribution < -0.4 is 4.72 Å². The number of carbonyl (C=O) groups is 2. The van der Waals surface area contributed by atoms with E-state index in [0.29, 0.717) is 0 Å². The highest BCUT2D eigenvalue weighted by atomic mass is 32.2. The van der Waals surface area contributed by atoms with Crippen molar-refractivity contribution in [1.29, 1.82) is 0 Å². The fourth-order valence-corrected chi connectivity index (χ4v) is 3.79. The summed E-state index contributed by atoms with van der Waals surface area (Å²) in [5.41, 5.74) is 0. The van der Waals surface area contributed by atoms with E-state index in [1.807, 2.05) is 0 Å². The molecule has 0 radical (unpaired) electrons. The summed E-state index contributed by atoms with van der Waals surface area (Å²) in [4.78, 5) is 21.7. The molecule has 0 aliphatic heterocycles. The van der Waals surface area contributed by atoms with Crippen molar-refractivity contribution in [2.24, 2.45) is 0 Å². The molecule has 0 spiro atoms. The maximum Gasteiger partial charge on any atom is 0.322 e. The Morgan fingerprint density at radius 2 is 1.74 bits per heavy atom. The molecule has 2 N–H and O–H groups in total. The maximum absolute atomic E-state index is 11.5. The van der Waals surface area contributed by atoms with Gasteiger partial charge in [0.2, 0.25) is 10.0 Å². The molecule has 0 aliphatic rings. The van der Waals surface area contributed by atoms with Gasteiger partial charge in [-0.05, 0) is 0 Å². The highest BCUT2D eigenvalue weighted by Crippen LogP contribution is 1.99. The Morgan fingerprint density at radius 1 is 1.21 bits per heavy atom. The summed E-state index contributed by atoms with van der Waals surface area (Å²) in [7, 11) is -6.60. The van der Waals surface area contributed by atoms with Gasteiger partial charge in [-0.25, -0.2) is 21.6 Å². The van der Waals surface area contributed by atoms with E-state index in [0.717, 1.165) is 13.4 Å². The Kier molecular flexibility index (Phi) is 6.39. The van der Waals surface area contributed by atoms with Crippen molar-refractivity contribution < 1.29 is 36.3 Å². The van der Waals surface area contributed by atoms with Crippen LogP contribution in [-0.2, 0) is 34.2 Å². The normalized spacial score (nSPS) is 13.8. The summed E-state index contributed by atoms with van der Waals surface area (Å²) >= 11 is 0. The van der Waals surface area contributed by atoms with Gasteiger partial charge in [0, 0.05) is 6.26 Å². The molecule has 9 nitrogen and oxygen atoms in total. The largest absolute Gasteiger partial charge is 0.480 e. The zero-order chi connectivity index (χ0) is 15.3. The number of aliphatic carboxylic acids is 1. The fraction of sp³-hybridized carbons (Fsp3) is 0.750. The lowest BCUT2D eigenvalue weighted by molar-refractivity contribution is -0.147. The van der Waals surface area contributed by atoms with Gasteiger partial charge in [-0.2, -0.15) is 0 Å². The SMILES string of the molecule is COC(=O)C[C@H](NS(=O)(=O)CCS(C)(=O)=O)C(=O)O. The molecule has 1 atom stereocenters. The molecule has 0 aromatic carbocycles. The number of methoxy groups -OCH3 is 1. The van der Waals surface area contributed by atoms with Crippen LogP contribution in [-0.4, -0.2) is 64.8 Å². The van der Waals surface area contributed by atoms with Crippen LogP contribution in [0.1, 0.15) is 6.42 Å². The fourth-order valence-electron chi connectivity index (χ4n) is 0.966. The van der Waals surface area contributed by atoms with E-state index in [4.69, 9.17) is 5.11 Å². The average molecular weight is 317 g/mol. The number of hydrogen-bond donors (Lipinski definition) is 2. The number of carboxylic acids is 1.